The molecule has 2 saturated heterocycles. The van der Waals surface area contributed by atoms with E-state index in [0.717, 1.165) is 56.9 Å². The predicted octanol–water partition coefficient (Wildman–Crippen LogP) is 2.44. The van der Waals surface area contributed by atoms with E-state index in [1.165, 1.54) is 10.5 Å². The summed E-state index contributed by atoms with van der Waals surface area (Å²) in [4.78, 5) is 59.5. The van der Waals surface area contributed by atoms with E-state index in [0.29, 0.717) is 32.5 Å². The number of amides is 4. The monoisotopic (exact) mass is 643 g/mol. The van der Waals surface area contributed by atoms with E-state index in [2.05, 4.69) is 22.8 Å². The van der Waals surface area contributed by atoms with Gasteiger partial charge in [0.1, 0.15) is 18.6 Å². The third-order valence-corrected chi connectivity index (χ3v) is 9.72. The van der Waals surface area contributed by atoms with Crippen LogP contribution >= 0.6 is 0 Å². The number of likely N-dealkylation sites (tertiary alicyclic amines) is 1. The lowest BCUT2D eigenvalue weighted by molar-refractivity contribution is -0.157. The molecule has 3 aliphatic rings. The molecule has 3 unspecified atom stereocenters. The third-order valence-electron chi connectivity index (χ3n) is 9.72. The van der Waals surface area contributed by atoms with Gasteiger partial charge in [0, 0.05) is 32.1 Å². The summed E-state index contributed by atoms with van der Waals surface area (Å²) in [5.41, 5.74) is 7.84. The minimum Gasteiger partial charge on any atom is -0.370 e. The number of guanidine groups is 1. The Morgan fingerprint density at radius 3 is 2.30 bits per heavy atom. The number of piperidine rings is 1. The first-order chi connectivity index (χ1) is 22.8. The van der Waals surface area contributed by atoms with Crippen molar-refractivity contribution in [3.63, 3.8) is 0 Å². The van der Waals surface area contributed by atoms with Crippen LogP contribution in [0.15, 0.2) is 60.7 Å². The van der Waals surface area contributed by atoms with E-state index in [-0.39, 0.29) is 48.7 Å². The van der Waals surface area contributed by atoms with E-state index in [4.69, 9.17) is 11.1 Å². The van der Waals surface area contributed by atoms with Gasteiger partial charge in [-0.2, -0.15) is 0 Å². The van der Waals surface area contributed by atoms with Gasteiger partial charge in [-0.15, -0.1) is 0 Å². The van der Waals surface area contributed by atoms with Gasteiger partial charge in [0.2, 0.25) is 23.6 Å². The Labute approximate surface area is 277 Å². The molecule has 2 aromatic carbocycles. The first-order valence-corrected chi connectivity index (χ1v) is 17.1. The van der Waals surface area contributed by atoms with Crippen LogP contribution in [0.25, 0.3) is 0 Å². The van der Waals surface area contributed by atoms with Gasteiger partial charge in [-0.3, -0.25) is 24.6 Å². The van der Waals surface area contributed by atoms with Crippen molar-refractivity contribution in [3.05, 3.63) is 71.8 Å². The molecular formula is C36H49N7O4. The summed E-state index contributed by atoms with van der Waals surface area (Å²) >= 11 is 0. The Morgan fingerprint density at radius 1 is 0.936 bits per heavy atom. The van der Waals surface area contributed by atoms with Crippen LogP contribution in [0.2, 0.25) is 0 Å². The molecule has 2 aromatic rings. The average Bonchev–Trinajstić information content (AvgIpc) is 3.59. The third kappa shape index (κ3) is 9.56. The molecule has 5 N–H and O–H groups in total. The zero-order valence-corrected chi connectivity index (χ0v) is 27.2. The van der Waals surface area contributed by atoms with Gasteiger partial charge in [0.15, 0.2) is 5.96 Å². The SMILES string of the molecule is N=C(N)N1CCCC(CC(NC(=O)CN2C(=O)CN(CCCc3ccccc3)C(=O)C2Cc2ccccc2)C(=O)NC2CCCC2)C1. The van der Waals surface area contributed by atoms with Crippen LogP contribution in [0.4, 0.5) is 0 Å². The largest absolute Gasteiger partial charge is 0.370 e. The maximum atomic E-state index is 13.9. The number of carbonyl (C=O) groups is 4. The molecule has 5 rings (SSSR count). The van der Waals surface area contributed by atoms with Gasteiger partial charge < -0.3 is 31.1 Å². The van der Waals surface area contributed by atoms with Crippen molar-refractivity contribution in [1.82, 2.24) is 25.3 Å². The molecule has 11 heteroatoms. The molecule has 11 nitrogen and oxygen atoms in total. The number of nitrogens with zero attached hydrogens (tertiary/aromatic N) is 3. The second-order valence-electron chi connectivity index (χ2n) is 13.3. The Hall–Kier alpha value is -4.41. The number of rotatable bonds is 13. The van der Waals surface area contributed by atoms with Crippen molar-refractivity contribution in [2.75, 3.05) is 32.7 Å². The number of aryl methyl sites for hydroxylation is 1. The molecule has 47 heavy (non-hydrogen) atoms. The van der Waals surface area contributed by atoms with Crippen LogP contribution in [-0.4, -0.2) is 95.1 Å². The van der Waals surface area contributed by atoms with E-state index < -0.39 is 18.0 Å². The van der Waals surface area contributed by atoms with Crippen LogP contribution in [0.1, 0.15) is 62.5 Å². The first kappa shape index (κ1) is 33.9. The van der Waals surface area contributed by atoms with Gasteiger partial charge in [0.05, 0.1) is 6.54 Å². The summed E-state index contributed by atoms with van der Waals surface area (Å²) in [6.07, 6.45) is 7.90. The number of benzene rings is 2. The van der Waals surface area contributed by atoms with Crippen LogP contribution < -0.4 is 16.4 Å². The highest BCUT2D eigenvalue weighted by atomic mass is 16.2. The van der Waals surface area contributed by atoms with Gasteiger partial charge in [-0.1, -0.05) is 73.5 Å². The van der Waals surface area contributed by atoms with Crippen molar-refractivity contribution >= 4 is 29.6 Å². The lowest BCUT2D eigenvalue weighted by atomic mass is 9.91. The highest BCUT2D eigenvalue weighted by Crippen LogP contribution is 2.23. The smallest absolute Gasteiger partial charge is 0.246 e. The number of nitrogens with two attached hydrogens (primary N) is 1. The lowest BCUT2D eigenvalue weighted by Crippen LogP contribution is -2.63. The van der Waals surface area contributed by atoms with Crippen molar-refractivity contribution in [1.29, 1.82) is 5.41 Å². The molecule has 0 radical (unpaired) electrons. The van der Waals surface area contributed by atoms with Crippen molar-refractivity contribution < 1.29 is 19.2 Å². The fraction of sp³-hybridized carbons (Fsp3) is 0.528. The molecule has 3 atom stereocenters. The fourth-order valence-corrected chi connectivity index (χ4v) is 7.20. The van der Waals surface area contributed by atoms with E-state index in [1.54, 1.807) is 9.80 Å². The van der Waals surface area contributed by atoms with Gasteiger partial charge in [0.25, 0.3) is 0 Å². The second-order valence-corrected chi connectivity index (χ2v) is 13.3. The first-order valence-electron chi connectivity index (χ1n) is 17.1. The van der Waals surface area contributed by atoms with E-state index in [9.17, 15) is 19.2 Å². The van der Waals surface area contributed by atoms with Gasteiger partial charge in [-0.25, -0.2) is 0 Å². The summed E-state index contributed by atoms with van der Waals surface area (Å²) in [6, 6.07) is 18.0. The van der Waals surface area contributed by atoms with Gasteiger partial charge >= 0.3 is 0 Å². The zero-order chi connectivity index (χ0) is 33.2. The molecular weight excluding hydrogens is 594 g/mol. The van der Waals surface area contributed by atoms with Crippen molar-refractivity contribution in [2.45, 2.75) is 82.3 Å². The molecule has 1 aliphatic carbocycles. The number of nitrogens with one attached hydrogen (secondary N) is 3. The number of hydrogen-bond acceptors (Lipinski definition) is 5. The zero-order valence-electron chi connectivity index (χ0n) is 27.2. The molecule has 2 heterocycles. The molecule has 4 amide bonds. The number of hydrogen-bond donors (Lipinski definition) is 4. The lowest BCUT2D eigenvalue weighted by Gasteiger charge is -2.40. The Kier molecular flexibility index (Phi) is 11.9. The molecule has 3 fully saturated rings. The predicted molar refractivity (Wildman–Crippen MR) is 180 cm³/mol. The van der Waals surface area contributed by atoms with E-state index in [1.807, 2.05) is 48.5 Å². The number of piperazine rings is 1. The highest BCUT2D eigenvalue weighted by Gasteiger charge is 2.40. The quantitative estimate of drug-likeness (QED) is 0.194. The Balaban J connectivity index is 1.27. The maximum Gasteiger partial charge on any atom is 0.246 e. The molecule has 0 bridgehead atoms. The normalized spacial score (nSPS) is 21.1. The number of carbonyl (C=O) groups excluding carboxylic acids is 4. The Morgan fingerprint density at radius 2 is 1.62 bits per heavy atom. The average molecular weight is 644 g/mol. The summed E-state index contributed by atoms with van der Waals surface area (Å²) in [5, 5.41) is 13.9. The van der Waals surface area contributed by atoms with Crippen LogP contribution in [-0.2, 0) is 32.0 Å². The summed E-state index contributed by atoms with van der Waals surface area (Å²) in [7, 11) is 0. The van der Waals surface area contributed by atoms with Crippen molar-refractivity contribution in [3.8, 4) is 0 Å². The topological polar surface area (TPSA) is 152 Å². The second kappa shape index (κ2) is 16.4. The minimum atomic E-state index is -0.825. The van der Waals surface area contributed by atoms with Gasteiger partial charge in [-0.05, 0) is 62.0 Å². The Bertz CT molecular complexity index is 1380. The van der Waals surface area contributed by atoms with Crippen LogP contribution in [0.5, 0.6) is 0 Å². The summed E-state index contributed by atoms with van der Waals surface area (Å²) in [5.74, 6) is -1.06. The molecule has 252 valence electrons. The molecule has 1 saturated carbocycles. The van der Waals surface area contributed by atoms with E-state index >= 15 is 0 Å². The van der Waals surface area contributed by atoms with Crippen LogP contribution in [0.3, 0.4) is 0 Å². The maximum absolute atomic E-state index is 13.9. The summed E-state index contributed by atoms with van der Waals surface area (Å²) < 4.78 is 0. The van der Waals surface area contributed by atoms with Crippen LogP contribution in [0, 0.1) is 11.3 Å². The molecule has 2 aliphatic heterocycles. The molecule has 0 aromatic heterocycles. The standard InChI is InChI=1S/C36H49N7O4/c37-36(38)42-20-10-16-28(23-42)21-30(34(46)39-29-17-7-8-18-29)40-32(44)24-43-31(22-27-13-5-2-6-14-27)35(47)41(25-33(43)45)19-9-15-26-11-3-1-4-12-26/h1-6,11-14,28-31H,7-10,15-25H2,(H3,37,38)(H,39,46)(H,40,44). The molecule has 0 spiro atoms. The summed E-state index contributed by atoms with van der Waals surface area (Å²) in [6.45, 7) is 1.32. The highest BCUT2D eigenvalue weighted by molar-refractivity contribution is 5.98. The minimum absolute atomic E-state index is 0.0116. The van der Waals surface area contributed by atoms with Crippen molar-refractivity contribution in [2.24, 2.45) is 11.7 Å². The fourth-order valence-electron chi connectivity index (χ4n) is 7.20.